The van der Waals surface area contributed by atoms with E-state index in [-0.39, 0.29) is 0 Å². The van der Waals surface area contributed by atoms with Crippen LogP contribution in [0, 0.1) is 0 Å². The second kappa shape index (κ2) is 11.4. The SMILES string of the molecule is [2H]c1c([2H])c([2H])c(-c2nc(-c3c([2H])c([2H])c([2H])c([2H])c3[2H])nc(-c3c([2H])c([2H])c4c5c([2H])c([2H])c([2H])c([2H])c5n(-c5c([2H])c([2H])c6c(oc7c([2H])c(-c8c([2H])c([2H])c([2H])c([2H])c8[2H])c([2H])c([2H])c76)c5[2H])c4c3[2H])n2)c([2H])c1[2H]. The maximum atomic E-state index is 9.92. The topological polar surface area (TPSA) is 56.7 Å². The molecule has 0 atom stereocenters. The van der Waals surface area contributed by atoms with Crippen LogP contribution in [0.1, 0.15) is 38.4 Å². The molecular weight excluding hydrogens is 613 g/mol. The number of hydrogen-bond acceptors (Lipinski definition) is 4. The number of para-hydroxylation sites is 1. The molecule has 50 heavy (non-hydrogen) atoms. The van der Waals surface area contributed by atoms with Crippen molar-refractivity contribution >= 4 is 43.7 Å². The van der Waals surface area contributed by atoms with E-state index in [4.69, 9.17) is 31.8 Å². The molecule has 7 aromatic carbocycles. The summed E-state index contributed by atoms with van der Waals surface area (Å²) in [6.07, 6.45) is 0. The Morgan fingerprint density at radius 2 is 0.880 bits per heavy atom. The highest BCUT2D eigenvalue weighted by molar-refractivity contribution is 6.11. The normalized spacial score (nSPS) is 19.4. The van der Waals surface area contributed by atoms with E-state index in [2.05, 4.69) is 15.0 Å². The highest BCUT2D eigenvalue weighted by atomic mass is 16.3. The lowest BCUT2D eigenvalue weighted by molar-refractivity contribution is 0.669. The van der Waals surface area contributed by atoms with E-state index >= 15 is 0 Å². The zero-order chi connectivity index (χ0) is 57.4. The van der Waals surface area contributed by atoms with E-state index in [0.717, 1.165) is 4.57 Å². The Morgan fingerprint density at radius 3 is 1.56 bits per heavy atom. The van der Waals surface area contributed by atoms with Gasteiger partial charge in [-0.25, -0.2) is 15.0 Å². The molecular formula is C45H28N4O. The van der Waals surface area contributed by atoms with Crippen LogP contribution in [-0.4, -0.2) is 19.5 Å². The largest absolute Gasteiger partial charge is 0.456 e. The Hall–Kier alpha value is -6.85. The summed E-state index contributed by atoms with van der Waals surface area (Å²) in [5.74, 6) is -2.53. The molecule has 234 valence electrons. The quantitative estimate of drug-likeness (QED) is 0.183. The third kappa shape index (κ3) is 4.67. The molecule has 0 unspecified atom stereocenters. The first-order valence-electron chi connectivity index (χ1n) is 28.4. The summed E-state index contributed by atoms with van der Waals surface area (Å²) in [6, 6.07) is -24.8. The van der Waals surface area contributed by atoms with Crippen molar-refractivity contribution < 1.29 is 42.8 Å². The third-order valence-corrected chi connectivity index (χ3v) is 7.43. The monoisotopic (exact) mass is 668 g/mol. The lowest BCUT2D eigenvalue weighted by Crippen LogP contribution is -2.00. The van der Waals surface area contributed by atoms with E-state index in [9.17, 15) is 11.0 Å². The van der Waals surface area contributed by atoms with Crippen LogP contribution < -0.4 is 0 Å². The summed E-state index contributed by atoms with van der Waals surface area (Å²) in [7, 11) is 0. The first-order chi connectivity index (χ1) is 36.4. The van der Waals surface area contributed by atoms with Crippen LogP contribution in [0.25, 0.3) is 94.7 Å². The fourth-order valence-corrected chi connectivity index (χ4v) is 5.27. The Bertz CT molecular complexity index is 4320. The van der Waals surface area contributed by atoms with Crippen LogP contribution in [-0.2, 0) is 0 Å². The molecule has 5 heteroatoms. The van der Waals surface area contributed by atoms with E-state index in [0.29, 0.717) is 0 Å². The van der Waals surface area contributed by atoms with Gasteiger partial charge in [0.2, 0.25) is 0 Å². The Balaban J connectivity index is 1.38. The molecule has 5 nitrogen and oxygen atoms in total. The van der Waals surface area contributed by atoms with Gasteiger partial charge in [0.05, 0.1) is 49.4 Å². The van der Waals surface area contributed by atoms with Crippen molar-refractivity contribution in [3.05, 3.63) is 169 Å². The number of nitrogens with zero attached hydrogens (tertiary/aromatic N) is 4. The fraction of sp³-hybridized carbons (Fsp3) is 0. The molecule has 10 aromatic rings. The van der Waals surface area contributed by atoms with Crippen molar-refractivity contribution in [2.24, 2.45) is 0 Å². The molecule has 3 aromatic heterocycles. The molecule has 0 amide bonds. The second-order valence-electron chi connectivity index (χ2n) is 10.3. The summed E-state index contributed by atoms with van der Waals surface area (Å²) in [4.78, 5) is 12.8. The molecule has 0 bridgehead atoms. The predicted molar refractivity (Wildman–Crippen MR) is 203 cm³/mol. The van der Waals surface area contributed by atoms with Gasteiger partial charge in [0.15, 0.2) is 17.5 Å². The van der Waals surface area contributed by atoms with Gasteiger partial charge in [-0.15, -0.1) is 0 Å². The zero-order valence-corrected chi connectivity index (χ0v) is 24.7. The van der Waals surface area contributed by atoms with Crippen molar-refractivity contribution in [3.8, 4) is 51.0 Å². The molecule has 0 fully saturated rings. The van der Waals surface area contributed by atoms with E-state index in [1.807, 2.05) is 0 Å². The second-order valence-corrected chi connectivity index (χ2v) is 10.3. The third-order valence-electron chi connectivity index (χ3n) is 7.43. The smallest absolute Gasteiger partial charge is 0.164 e. The van der Waals surface area contributed by atoms with Crippen molar-refractivity contribution in [1.82, 2.24) is 19.5 Å². The van der Waals surface area contributed by atoms with E-state index < -0.39 is 264 Å². The average molecular weight is 669 g/mol. The standard InChI is InChI=1S/C45H28N4O/c1-4-12-29(13-5-1)32-20-24-37-38-25-22-34(28-42(38)50-41(37)27-32)49-39-19-11-10-18-35(39)36-23-21-33(26-40(36)49)45-47-43(30-14-6-2-7-15-30)46-44(48-45)31-16-8-3-9-17-31/h1-28H/i1D,2D,3D,4D,5D,6D,7D,8D,9D,10D,11D,12D,13D,14D,15D,16D,17D,18D,19D,20D,21D,22D,23D,24D,25D,26D,27D,28D. The van der Waals surface area contributed by atoms with Crippen LogP contribution in [0.3, 0.4) is 0 Å². The number of rotatable bonds is 5. The van der Waals surface area contributed by atoms with Crippen molar-refractivity contribution in [1.29, 1.82) is 0 Å². The van der Waals surface area contributed by atoms with Crippen molar-refractivity contribution in [2.45, 2.75) is 0 Å². The number of hydrogen-bond donors (Lipinski definition) is 0. The van der Waals surface area contributed by atoms with Crippen LogP contribution in [0.15, 0.2) is 174 Å². The maximum Gasteiger partial charge on any atom is 0.164 e. The minimum atomic E-state index is -0.984. The Morgan fingerprint density at radius 1 is 0.380 bits per heavy atom. The Kier molecular flexibility index (Phi) is 2.72. The molecule has 0 aliphatic carbocycles. The van der Waals surface area contributed by atoms with Crippen molar-refractivity contribution in [3.63, 3.8) is 0 Å². The van der Waals surface area contributed by atoms with Crippen LogP contribution in [0.4, 0.5) is 0 Å². The number of aromatic nitrogens is 4. The van der Waals surface area contributed by atoms with Gasteiger partial charge in [-0.2, -0.15) is 0 Å². The minimum absolute atomic E-state index is 0.491. The van der Waals surface area contributed by atoms with Gasteiger partial charge in [0.1, 0.15) is 11.2 Å². The average Bonchev–Trinajstić information content (AvgIpc) is 4.02. The molecule has 0 spiro atoms. The summed E-state index contributed by atoms with van der Waals surface area (Å²) in [5.41, 5.74) is -7.08. The van der Waals surface area contributed by atoms with Gasteiger partial charge in [0.25, 0.3) is 0 Å². The molecule has 0 aliphatic rings. The summed E-state index contributed by atoms with van der Waals surface area (Å²) >= 11 is 0. The molecule has 0 aliphatic heterocycles. The number of fused-ring (bicyclic) bond motifs is 6. The molecule has 0 radical (unpaired) electrons. The predicted octanol–water partition coefficient (Wildman–Crippen LogP) is 11.5. The van der Waals surface area contributed by atoms with Crippen LogP contribution in [0.5, 0.6) is 0 Å². The molecule has 3 heterocycles. The van der Waals surface area contributed by atoms with Gasteiger partial charge in [0, 0.05) is 50.0 Å². The minimum Gasteiger partial charge on any atom is -0.456 e. The van der Waals surface area contributed by atoms with Gasteiger partial charge >= 0.3 is 0 Å². The Labute approximate surface area is 327 Å². The van der Waals surface area contributed by atoms with Crippen LogP contribution >= 0.6 is 0 Å². The fourth-order valence-electron chi connectivity index (χ4n) is 5.27. The number of furan rings is 1. The summed E-state index contributed by atoms with van der Waals surface area (Å²) in [6.45, 7) is 0. The van der Waals surface area contributed by atoms with Crippen LogP contribution in [0.2, 0.25) is 0 Å². The lowest BCUT2D eigenvalue weighted by Gasteiger charge is -2.10. The first kappa shape index (κ1) is 11.9. The van der Waals surface area contributed by atoms with E-state index in [1.54, 1.807) is 0 Å². The highest BCUT2D eigenvalue weighted by Crippen LogP contribution is 2.38. The van der Waals surface area contributed by atoms with E-state index in [1.165, 1.54) is 0 Å². The highest BCUT2D eigenvalue weighted by Gasteiger charge is 2.18. The van der Waals surface area contributed by atoms with Gasteiger partial charge in [-0.3, -0.25) is 0 Å². The summed E-state index contributed by atoms with van der Waals surface area (Å²) in [5, 5.41) is -2.14. The molecule has 0 saturated carbocycles. The lowest BCUT2D eigenvalue weighted by atomic mass is 10.0. The summed E-state index contributed by atoms with van der Waals surface area (Å²) < 4.78 is 253. The number of benzene rings is 7. The maximum absolute atomic E-state index is 9.92. The zero-order valence-electron chi connectivity index (χ0n) is 52.7. The van der Waals surface area contributed by atoms with Gasteiger partial charge in [-0.1, -0.05) is 127 Å². The molecule has 0 saturated heterocycles. The van der Waals surface area contributed by atoms with Crippen molar-refractivity contribution in [2.75, 3.05) is 0 Å². The molecule has 0 N–H and O–H groups in total. The van der Waals surface area contributed by atoms with Gasteiger partial charge in [-0.05, 0) is 47.4 Å². The first-order valence-corrected chi connectivity index (χ1v) is 14.4. The van der Waals surface area contributed by atoms with Gasteiger partial charge < -0.3 is 8.98 Å². The molecule has 10 rings (SSSR count).